The summed E-state index contributed by atoms with van der Waals surface area (Å²) in [5, 5.41) is 2.80. The molecule has 0 aliphatic heterocycles. The van der Waals surface area contributed by atoms with Crippen molar-refractivity contribution in [3.8, 4) is 0 Å². The normalized spacial score (nSPS) is 15.4. The molecule has 0 aliphatic carbocycles. The Morgan fingerprint density at radius 1 is 1.38 bits per heavy atom. The van der Waals surface area contributed by atoms with E-state index in [1.807, 2.05) is 39.8 Å². The highest BCUT2D eigenvalue weighted by molar-refractivity contribution is 7.80. The zero-order chi connectivity index (χ0) is 16.5. The van der Waals surface area contributed by atoms with E-state index in [9.17, 15) is 9.59 Å². The highest BCUT2D eigenvalue weighted by Gasteiger charge is 2.36. The van der Waals surface area contributed by atoms with Gasteiger partial charge in [-0.1, -0.05) is 13.8 Å². The Morgan fingerprint density at radius 2 is 2.00 bits per heavy atom. The second-order valence-corrected chi connectivity index (χ2v) is 6.42. The fraction of sp³-hybridized carbons (Fsp3) is 0.867. The van der Waals surface area contributed by atoms with Gasteiger partial charge in [0, 0.05) is 24.8 Å². The second kappa shape index (κ2) is 10.1. The number of nitrogens with zero attached hydrogens (tertiary/aromatic N) is 1. The van der Waals surface area contributed by atoms with E-state index in [0.717, 1.165) is 0 Å². The first kappa shape index (κ1) is 20.2. The van der Waals surface area contributed by atoms with Crippen LogP contribution in [-0.4, -0.2) is 56.3 Å². The number of esters is 1. The Kier molecular flexibility index (Phi) is 9.70. The number of ether oxygens (including phenoxy) is 1. The molecule has 1 amide bonds. The molecule has 0 heterocycles. The third kappa shape index (κ3) is 7.71. The van der Waals surface area contributed by atoms with E-state index < -0.39 is 5.41 Å². The van der Waals surface area contributed by atoms with E-state index in [0.29, 0.717) is 38.3 Å². The molecular formula is C15H30N2O3S. The van der Waals surface area contributed by atoms with Crippen LogP contribution in [0.2, 0.25) is 0 Å². The van der Waals surface area contributed by atoms with Gasteiger partial charge in [0.15, 0.2) is 0 Å². The lowest BCUT2D eigenvalue weighted by Gasteiger charge is -2.28. The summed E-state index contributed by atoms with van der Waals surface area (Å²) in [6.07, 6.45) is 1.14. The van der Waals surface area contributed by atoms with E-state index in [4.69, 9.17) is 4.74 Å². The topological polar surface area (TPSA) is 58.6 Å². The minimum Gasteiger partial charge on any atom is -0.464 e. The van der Waals surface area contributed by atoms with Crippen LogP contribution in [0.5, 0.6) is 0 Å². The predicted molar refractivity (Wildman–Crippen MR) is 88.6 cm³/mol. The van der Waals surface area contributed by atoms with Gasteiger partial charge in [0.05, 0.1) is 5.41 Å². The van der Waals surface area contributed by atoms with Crippen molar-refractivity contribution < 1.29 is 14.3 Å². The highest BCUT2D eigenvalue weighted by atomic mass is 32.1. The van der Waals surface area contributed by atoms with Crippen molar-refractivity contribution in [2.24, 2.45) is 11.3 Å². The number of amides is 1. The van der Waals surface area contributed by atoms with Gasteiger partial charge in [0.25, 0.3) is 0 Å². The first-order chi connectivity index (χ1) is 9.76. The molecule has 0 saturated carbocycles. The fourth-order valence-electron chi connectivity index (χ4n) is 1.99. The Balaban J connectivity index is 4.49. The van der Waals surface area contributed by atoms with Crippen LogP contribution in [0.15, 0.2) is 0 Å². The van der Waals surface area contributed by atoms with Gasteiger partial charge in [-0.2, -0.15) is 12.6 Å². The van der Waals surface area contributed by atoms with Crippen LogP contribution in [0, 0.1) is 11.3 Å². The van der Waals surface area contributed by atoms with Gasteiger partial charge in [-0.15, -0.1) is 0 Å². The van der Waals surface area contributed by atoms with Gasteiger partial charge in [-0.3, -0.25) is 9.59 Å². The minimum atomic E-state index is -0.621. The van der Waals surface area contributed by atoms with Crippen LogP contribution < -0.4 is 5.32 Å². The van der Waals surface area contributed by atoms with Gasteiger partial charge in [0.1, 0.15) is 6.61 Å². The molecule has 0 radical (unpaired) electrons. The third-order valence-corrected chi connectivity index (χ3v) is 3.88. The molecule has 124 valence electrons. The van der Waals surface area contributed by atoms with Crippen molar-refractivity contribution in [2.45, 2.75) is 33.6 Å². The van der Waals surface area contributed by atoms with Crippen LogP contribution in [-0.2, 0) is 14.3 Å². The van der Waals surface area contributed by atoms with Crippen LogP contribution >= 0.6 is 12.6 Å². The van der Waals surface area contributed by atoms with E-state index in [-0.39, 0.29) is 17.8 Å². The third-order valence-electron chi connectivity index (χ3n) is 3.66. The molecule has 21 heavy (non-hydrogen) atoms. The summed E-state index contributed by atoms with van der Waals surface area (Å²) in [5.74, 6) is 0.123. The number of hydrogen-bond donors (Lipinski definition) is 2. The Labute approximate surface area is 134 Å². The zero-order valence-corrected chi connectivity index (χ0v) is 14.8. The van der Waals surface area contributed by atoms with E-state index in [2.05, 4.69) is 17.9 Å². The quantitative estimate of drug-likeness (QED) is 0.474. The highest BCUT2D eigenvalue weighted by Crippen LogP contribution is 2.31. The Bertz CT molecular complexity index is 337. The number of carbonyl (C=O) groups is 2. The molecule has 0 saturated heterocycles. The molecule has 0 aromatic rings. The standard InChI is InChI=1S/C15H30N2O3S/c1-6-15(3,14(19)20-9-8-17(4)5)11-12(2)13(18)16-7-10-21/h12,21H,6-11H2,1-5H3,(H,16,18). The summed E-state index contributed by atoms with van der Waals surface area (Å²) >= 11 is 4.06. The maximum absolute atomic E-state index is 12.3. The molecule has 5 nitrogen and oxygen atoms in total. The van der Waals surface area contributed by atoms with Crippen LogP contribution in [0.25, 0.3) is 0 Å². The average molecular weight is 318 g/mol. The first-order valence-corrected chi connectivity index (χ1v) is 8.10. The Hall–Kier alpha value is -0.750. The van der Waals surface area contributed by atoms with Crippen molar-refractivity contribution in [3.63, 3.8) is 0 Å². The van der Waals surface area contributed by atoms with Gasteiger partial charge in [0.2, 0.25) is 5.91 Å². The van der Waals surface area contributed by atoms with Gasteiger partial charge >= 0.3 is 5.97 Å². The number of nitrogens with one attached hydrogen (secondary N) is 1. The van der Waals surface area contributed by atoms with E-state index in [1.54, 1.807) is 0 Å². The smallest absolute Gasteiger partial charge is 0.311 e. The summed E-state index contributed by atoms with van der Waals surface area (Å²) in [4.78, 5) is 26.1. The summed E-state index contributed by atoms with van der Waals surface area (Å²) in [5.41, 5.74) is -0.621. The molecule has 2 unspecified atom stereocenters. The molecule has 0 spiro atoms. The molecule has 0 fully saturated rings. The zero-order valence-electron chi connectivity index (χ0n) is 13.9. The minimum absolute atomic E-state index is 0.0372. The van der Waals surface area contributed by atoms with Gasteiger partial charge < -0.3 is 15.0 Å². The number of hydrogen-bond acceptors (Lipinski definition) is 5. The van der Waals surface area contributed by atoms with Crippen LogP contribution in [0.1, 0.15) is 33.6 Å². The predicted octanol–water partition coefficient (Wildman–Crippen LogP) is 1.58. The van der Waals surface area contributed by atoms with Crippen LogP contribution in [0.3, 0.4) is 0 Å². The SMILES string of the molecule is CCC(C)(CC(C)C(=O)NCCS)C(=O)OCCN(C)C. The fourth-order valence-corrected chi connectivity index (χ4v) is 2.10. The first-order valence-electron chi connectivity index (χ1n) is 7.47. The van der Waals surface area contributed by atoms with Crippen molar-refractivity contribution >= 4 is 24.5 Å². The monoisotopic (exact) mass is 318 g/mol. The number of thiol groups is 1. The van der Waals surface area contributed by atoms with Crippen molar-refractivity contribution in [1.82, 2.24) is 10.2 Å². The number of likely N-dealkylation sites (N-methyl/N-ethyl adjacent to an activating group) is 1. The maximum atomic E-state index is 12.3. The van der Waals surface area contributed by atoms with Gasteiger partial charge in [-0.25, -0.2) is 0 Å². The molecule has 0 aromatic carbocycles. The van der Waals surface area contributed by atoms with E-state index in [1.165, 1.54) is 0 Å². The number of rotatable bonds is 10. The largest absolute Gasteiger partial charge is 0.464 e. The lowest BCUT2D eigenvalue weighted by molar-refractivity contribution is -0.156. The van der Waals surface area contributed by atoms with Crippen LogP contribution in [0.4, 0.5) is 0 Å². The lowest BCUT2D eigenvalue weighted by Crippen LogP contribution is -2.38. The summed E-state index contributed by atoms with van der Waals surface area (Å²) in [6, 6.07) is 0. The Morgan fingerprint density at radius 3 is 2.48 bits per heavy atom. The molecule has 0 bridgehead atoms. The summed E-state index contributed by atoms with van der Waals surface area (Å²) in [6.45, 7) is 7.28. The summed E-state index contributed by atoms with van der Waals surface area (Å²) in [7, 11) is 3.86. The molecule has 0 rings (SSSR count). The van der Waals surface area contributed by atoms with Crippen molar-refractivity contribution in [3.05, 3.63) is 0 Å². The molecule has 2 atom stereocenters. The lowest BCUT2D eigenvalue weighted by atomic mass is 9.79. The second-order valence-electron chi connectivity index (χ2n) is 5.97. The molecule has 0 aromatic heterocycles. The maximum Gasteiger partial charge on any atom is 0.311 e. The molecular weight excluding hydrogens is 288 g/mol. The summed E-state index contributed by atoms with van der Waals surface area (Å²) < 4.78 is 5.35. The molecule has 1 N–H and O–H groups in total. The number of carbonyl (C=O) groups excluding carboxylic acids is 2. The van der Waals surface area contributed by atoms with Crippen molar-refractivity contribution in [2.75, 3.05) is 39.5 Å². The van der Waals surface area contributed by atoms with Crippen molar-refractivity contribution in [1.29, 1.82) is 0 Å². The average Bonchev–Trinajstić information content (AvgIpc) is 2.43. The molecule has 0 aliphatic rings. The van der Waals surface area contributed by atoms with E-state index >= 15 is 0 Å². The molecule has 6 heteroatoms. The van der Waals surface area contributed by atoms with Gasteiger partial charge in [-0.05, 0) is 33.9 Å².